The first-order valence-electron chi connectivity index (χ1n) is 6.44. The van der Waals surface area contributed by atoms with E-state index in [1.807, 2.05) is 0 Å². The monoisotopic (exact) mass is 393 g/mol. The van der Waals surface area contributed by atoms with Crippen molar-refractivity contribution in [3.8, 4) is 0 Å². The van der Waals surface area contributed by atoms with Gasteiger partial charge in [-0.2, -0.15) is 0 Å². The molecule has 0 aliphatic carbocycles. The average molecular weight is 394 g/mol. The number of nitrogens with zero attached hydrogens (tertiary/aromatic N) is 3. The Morgan fingerprint density at radius 2 is 1.70 bits per heavy atom. The molecule has 1 heterocycles. The fourth-order valence-corrected chi connectivity index (χ4v) is 3.26. The summed E-state index contributed by atoms with van der Waals surface area (Å²) in [5.74, 6) is -2.84. The zero-order valence-electron chi connectivity index (χ0n) is 12.5. The van der Waals surface area contributed by atoms with Gasteiger partial charge in [0.15, 0.2) is 28.6 Å². The SMILES string of the molecule is CC(=O)C(O)[C@H]1O[C@H](Br)[C@@](O)(C(C)=O)[C@H](N=[N+]=[N-])[C@]1(O)C(C)=O. The number of carbonyl (C=O) groups excluding carboxylic acids is 3. The van der Waals surface area contributed by atoms with Crippen molar-refractivity contribution in [2.24, 2.45) is 5.11 Å². The second-order valence-electron chi connectivity index (χ2n) is 5.30. The van der Waals surface area contributed by atoms with Gasteiger partial charge < -0.3 is 20.1 Å². The van der Waals surface area contributed by atoms with Crippen LogP contribution >= 0.6 is 15.9 Å². The predicted molar refractivity (Wildman–Crippen MR) is 78.5 cm³/mol. The summed E-state index contributed by atoms with van der Waals surface area (Å²) in [5.41, 5.74) is 3.32. The molecule has 0 aromatic carbocycles. The van der Waals surface area contributed by atoms with Gasteiger partial charge in [-0.3, -0.25) is 14.4 Å². The number of halogens is 1. The lowest BCUT2D eigenvalue weighted by atomic mass is 9.70. The Kier molecular flexibility index (Phi) is 5.68. The number of alkyl halides is 1. The van der Waals surface area contributed by atoms with Crippen LogP contribution in [0.4, 0.5) is 0 Å². The quantitative estimate of drug-likeness (QED) is 0.241. The maximum absolute atomic E-state index is 12.0. The third-order valence-electron chi connectivity index (χ3n) is 3.88. The van der Waals surface area contributed by atoms with Crippen LogP contribution in [0.5, 0.6) is 0 Å². The van der Waals surface area contributed by atoms with Crippen LogP contribution in [0.3, 0.4) is 0 Å². The van der Waals surface area contributed by atoms with E-state index in [4.69, 9.17) is 10.3 Å². The molecular formula is C12H16BrN3O7. The number of aliphatic hydroxyl groups excluding tert-OH is 1. The Morgan fingerprint density at radius 1 is 1.22 bits per heavy atom. The van der Waals surface area contributed by atoms with Gasteiger partial charge in [0.1, 0.15) is 23.3 Å². The normalized spacial score (nSPS) is 38.3. The fourth-order valence-electron chi connectivity index (χ4n) is 2.45. The van der Waals surface area contributed by atoms with Gasteiger partial charge in [0.25, 0.3) is 0 Å². The molecule has 0 saturated carbocycles. The molecule has 0 aromatic rings. The number of hydrogen-bond acceptors (Lipinski definition) is 8. The van der Waals surface area contributed by atoms with Crippen molar-refractivity contribution in [1.82, 2.24) is 0 Å². The van der Waals surface area contributed by atoms with E-state index in [9.17, 15) is 29.7 Å². The summed E-state index contributed by atoms with van der Waals surface area (Å²) in [6.07, 6.45) is -3.80. The minimum atomic E-state index is -2.79. The van der Waals surface area contributed by atoms with Gasteiger partial charge in [-0.1, -0.05) is 21.0 Å². The first-order valence-corrected chi connectivity index (χ1v) is 7.36. The van der Waals surface area contributed by atoms with Crippen LogP contribution in [0.15, 0.2) is 5.11 Å². The van der Waals surface area contributed by atoms with Crippen LogP contribution in [0.2, 0.25) is 0 Å². The molecule has 10 nitrogen and oxygen atoms in total. The van der Waals surface area contributed by atoms with Gasteiger partial charge in [0.2, 0.25) is 0 Å². The maximum atomic E-state index is 12.0. The van der Waals surface area contributed by atoms with Crippen LogP contribution in [-0.2, 0) is 19.1 Å². The summed E-state index contributed by atoms with van der Waals surface area (Å²) in [6.45, 7) is 2.82. The lowest BCUT2D eigenvalue weighted by molar-refractivity contribution is -0.244. The van der Waals surface area contributed by atoms with Crippen LogP contribution in [0, 0.1) is 0 Å². The highest BCUT2D eigenvalue weighted by atomic mass is 79.9. The van der Waals surface area contributed by atoms with Crippen molar-refractivity contribution >= 4 is 33.3 Å². The molecule has 128 valence electrons. The van der Waals surface area contributed by atoms with E-state index in [0.717, 1.165) is 20.8 Å². The lowest BCUT2D eigenvalue weighted by Crippen LogP contribution is -2.76. The van der Waals surface area contributed by atoms with Crippen molar-refractivity contribution in [3.05, 3.63) is 10.4 Å². The topological polar surface area (TPSA) is 170 Å². The number of carbonyl (C=O) groups is 3. The molecule has 1 saturated heterocycles. The Labute approximate surface area is 139 Å². The van der Waals surface area contributed by atoms with E-state index in [0.29, 0.717) is 0 Å². The number of ether oxygens (including phenoxy) is 1. The number of hydrogen-bond donors (Lipinski definition) is 3. The zero-order valence-corrected chi connectivity index (χ0v) is 14.1. The van der Waals surface area contributed by atoms with Crippen LogP contribution in [-0.4, -0.2) is 67.1 Å². The summed E-state index contributed by atoms with van der Waals surface area (Å²) >= 11 is 2.86. The Hall–Kier alpha value is -1.36. The first-order chi connectivity index (χ1) is 10.4. The molecule has 3 N–H and O–H groups in total. The summed E-state index contributed by atoms with van der Waals surface area (Å²) in [5, 5.41) is 32.9. The fraction of sp³-hybridized carbons (Fsp3) is 0.750. The van der Waals surface area contributed by atoms with Gasteiger partial charge in [-0.25, -0.2) is 0 Å². The third-order valence-corrected chi connectivity index (χ3v) is 4.79. The van der Waals surface area contributed by atoms with Crippen LogP contribution in [0.25, 0.3) is 10.4 Å². The minimum absolute atomic E-state index is 0.831. The zero-order chi connectivity index (χ0) is 18.2. The standard InChI is InChI=1S/C12H16BrN3O7/c1-4(17)7(20)8-11(21,5(2)18)9(15-16-14)12(22,6(3)19)10(13)23-8/h7-10,20-22H,1-3H3/t7?,8-,9-,10+,11+,12-/m1/s1. The minimum Gasteiger partial charge on any atom is -0.382 e. The van der Waals surface area contributed by atoms with Crippen molar-refractivity contribution in [2.75, 3.05) is 0 Å². The number of ketones is 3. The Morgan fingerprint density at radius 3 is 2.04 bits per heavy atom. The van der Waals surface area contributed by atoms with Gasteiger partial charge in [0.05, 0.1) is 0 Å². The van der Waals surface area contributed by atoms with E-state index in [1.54, 1.807) is 0 Å². The maximum Gasteiger partial charge on any atom is 0.170 e. The molecule has 0 spiro atoms. The number of Topliss-reactive ketones (excluding diaryl/α,β-unsaturated/α-hetero) is 3. The summed E-state index contributed by atoms with van der Waals surface area (Å²) < 4.78 is 5.16. The molecular weight excluding hydrogens is 378 g/mol. The van der Waals surface area contributed by atoms with Gasteiger partial charge in [-0.05, 0) is 26.3 Å². The third kappa shape index (κ3) is 2.91. The molecule has 0 radical (unpaired) electrons. The van der Waals surface area contributed by atoms with Crippen molar-refractivity contribution < 1.29 is 34.4 Å². The summed E-state index contributed by atoms with van der Waals surface area (Å²) in [6, 6.07) is -2.02. The molecule has 1 fully saturated rings. The number of aliphatic hydroxyl groups is 3. The smallest absolute Gasteiger partial charge is 0.170 e. The van der Waals surface area contributed by atoms with E-state index in [2.05, 4.69) is 26.0 Å². The highest BCUT2D eigenvalue weighted by molar-refractivity contribution is 9.09. The van der Waals surface area contributed by atoms with Gasteiger partial charge in [-0.15, -0.1) is 0 Å². The summed E-state index contributed by atoms with van der Waals surface area (Å²) in [4.78, 5) is 37.7. The van der Waals surface area contributed by atoms with Gasteiger partial charge in [0, 0.05) is 4.91 Å². The number of azide groups is 1. The highest BCUT2D eigenvalue weighted by Crippen LogP contribution is 2.43. The predicted octanol–water partition coefficient (Wildman–Crippen LogP) is -0.625. The lowest BCUT2D eigenvalue weighted by Gasteiger charge is -2.52. The summed E-state index contributed by atoms with van der Waals surface area (Å²) in [7, 11) is 0. The molecule has 0 amide bonds. The van der Waals surface area contributed by atoms with E-state index >= 15 is 0 Å². The van der Waals surface area contributed by atoms with Crippen molar-refractivity contribution in [2.45, 2.75) is 55.2 Å². The number of rotatable bonds is 5. The van der Waals surface area contributed by atoms with Crippen LogP contribution in [0.1, 0.15) is 20.8 Å². The Bertz CT molecular complexity index is 593. The van der Waals surface area contributed by atoms with E-state index in [-0.39, 0.29) is 0 Å². The van der Waals surface area contributed by atoms with Crippen molar-refractivity contribution in [1.29, 1.82) is 0 Å². The molecule has 1 aliphatic heterocycles. The molecule has 1 rings (SSSR count). The second kappa shape index (κ2) is 6.63. The van der Waals surface area contributed by atoms with E-state index < -0.39 is 51.8 Å². The largest absolute Gasteiger partial charge is 0.382 e. The molecule has 6 atom stereocenters. The van der Waals surface area contributed by atoms with Crippen LogP contribution < -0.4 is 0 Å². The van der Waals surface area contributed by atoms with Gasteiger partial charge >= 0.3 is 0 Å². The molecule has 1 unspecified atom stereocenters. The molecule has 1 aliphatic rings. The Balaban J connectivity index is 3.66. The molecule has 0 aromatic heterocycles. The van der Waals surface area contributed by atoms with E-state index in [1.165, 1.54) is 0 Å². The van der Waals surface area contributed by atoms with Crippen molar-refractivity contribution in [3.63, 3.8) is 0 Å². The highest BCUT2D eigenvalue weighted by Gasteiger charge is 2.67. The average Bonchev–Trinajstić information content (AvgIpc) is 2.46. The molecule has 11 heteroatoms. The molecule has 0 bridgehead atoms. The first kappa shape index (κ1) is 19.7. The second-order valence-corrected chi connectivity index (χ2v) is 6.13. The molecule has 23 heavy (non-hydrogen) atoms.